The van der Waals surface area contributed by atoms with Crippen molar-refractivity contribution in [2.75, 3.05) is 38.7 Å². The molecular formula is C26H30N4O4S. The molecule has 8 nitrogen and oxygen atoms in total. The third-order valence-corrected chi connectivity index (χ3v) is 6.87. The van der Waals surface area contributed by atoms with Gasteiger partial charge in [-0.1, -0.05) is 18.2 Å². The SMILES string of the molecule is CNC(=O)OCCC(Oc1ccc(CN2CCN(C)c3cc(C)ncc3C2=O)cc1)c1cccs1. The number of thiophene rings is 1. The van der Waals surface area contributed by atoms with Crippen LogP contribution in [0.25, 0.3) is 0 Å². The summed E-state index contributed by atoms with van der Waals surface area (Å²) in [6.45, 7) is 4.08. The number of carbonyl (C=O) groups is 2. The predicted octanol–water partition coefficient (Wildman–Crippen LogP) is 4.41. The first kappa shape index (κ1) is 24.5. The van der Waals surface area contributed by atoms with Crippen LogP contribution in [0.15, 0.2) is 54.0 Å². The third-order valence-electron chi connectivity index (χ3n) is 5.91. The second-order valence-corrected chi connectivity index (χ2v) is 9.41. The summed E-state index contributed by atoms with van der Waals surface area (Å²) in [6.07, 6.45) is 1.54. The lowest BCUT2D eigenvalue weighted by molar-refractivity contribution is 0.0754. The zero-order valence-electron chi connectivity index (χ0n) is 20.2. The minimum Gasteiger partial charge on any atom is -0.485 e. The maximum Gasteiger partial charge on any atom is 0.406 e. The molecule has 3 aromatic rings. The maximum absolute atomic E-state index is 13.2. The summed E-state index contributed by atoms with van der Waals surface area (Å²) >= 11 is 1.60. The molecule has 0 radical (unpaired) electrons. The molecule has 1 aliphatic heterocycles. The highest BCUT2D eigenvalue weighted by Gasteiger charge is 2.25. The van der Waals surface area contributed by atoms with Crippen LogP contribution in [-0.4, -0.2) is 55.7 Å². The molecule has 2 aromatic heterocycles. The second-order valence-electron chi connectivity index (χ2n) is 8.43. The molecule has 0 fully saturated rings. The molecule has 4 rings (SSSR count). The second kappa shape index (κ2) is 11.2. The standard InChI is InChI=1S/C26H30N4O4S/c1-18-15-22-21(16-28-18)25(31)30(12-11-29(22)3)17-19-6-8-20(9-7-19)34-23(24-5-4-14-35-24)10-13-33-26(32)27-2/h4-9,14-16,23H,10-13,17H2,1-3H3,(H,27,32). The van der Waals surface area contributed by atoms with E-state index in [0.29, 0.717) is 25.1 Å². The van der Waals surface area contributed by atoms with Crippen LogP contribution < -0.4 is 15.0 Å². The lowest BCUT2D eigenvalue weighted by atomic mass is 10.1. The molecule has 0 aliphatic carbocycles. The number of hydrogen-bond acceptors (Lipinski definition) is 7. The number of nitrogens with one attached hydrogen (secondary N) is 1. The van der Waals surface area contributed by atoms with Crippen molar-refractivity contribution >= 4 is 29.0 Å². The Hall–Kier alpha value is -3.59. The smallest absolute Gasteiger partial charge is 0.406 e. The van der Waals surface area contributed by atoms with Crippen LogP contribution in [0.5, 0.6) is 5.75 Å². The lowest BCUT2D eigenvalue weighted by Gasteiger charge is -2.22. The molecule has 0 bridgehead atoms. The van der Waals surface area contributed by atoms with Crippen LogP contribution in [0.2, 0.25) is 0 Å². The molecule has 2 amide bonds. The Morgan fingerprint density at radius 2 is 2.03 bits per heavy atom. The Morgan fingerprint density at radius 1 is 1.23 bits per heavy atom. The number of ether oxygens (including phenoxy) is 2. The molecule has 1 unspecified atom stereocenters. The monoisotopic (exact) mass is 494 g/mol. The van der Waals surface area contributed by atoms with Crippen LogP contribution in [0.1, 0.15) is 39.0 Å². The minimum absolute atomic E-state index is 0.00829. The fourth-order valence-electron chi connectivity index (χ4n) is 3.96. The molecular weight excluding hydrogens is 464 g/mol. The van der Waals surface area contributed by atoms with Crippen LogP contribution in [-0.2, 0) is 11.3 Å². The van der Waals surface area contributed by atoms with Crippen LogP contribution >= 0.6 is 11.3 Å². The van der Waals surface area contributed by atoms with Gasteiger partial charge in [0.05, 0.1) is 17.9 Å². The van der Waals surface area contributed by atoms with E-state index >= 15 is 0 Å². The van der Waals surface area contributed by atoms with E-state index in [1.54, 1.807) is 17.5 Å². The molecule has 1 atom stereocenters. The summed E-state index contributed by atoms with van der Waals surface area (Å²) < 4.78 is 11.4. The number of amides is 2. The third kappa shape index (κ3) is 6.10. The Kier molecular flexibility index (Phi) is 7.87. The number of nitrogens with zero attached hydrogens (tertiary/aromatic N) is 3. The summed E-state index contributed by atoms with van der Waals surface area (Å²) in [4.78, 5) is 34.0. The van der Waals surface area contributed by atoms with Crippen molar-refractivity contribution in [2.24, 2.45) is 0 Å². The van der Waals surface area contributed by atoms with E-state index in [1.165, 1.54) is 7.05 Å². The number of fused-ring (bicyclic) bond motifs is 1. The van der Waals surface area contributed by atoms with Crippen molar-refractivity contribution < 1.29 is 19.1 Å². The van der Waals surface area contributed by atoms with Gasteiger partial charge in [-0.2, -0.15) is 0 Å². The van der Waals surface area contributed by atoms with Crippen LogP contribution in [0, 0.1) is 6.92 Å². The van der Waals surface area contributed by atoms with Gasteiger partial charge in [0.15, 0.2) is 0 Å². The number of aryl methyl sites for hydroxylation is 1. The average molecular weight is 495 g/mol. The Morgan fingerprint density at radius 3 is 2.74 bits per heavy atom. The zero-order valence-corrected chi connectivity index (χ0v) is 21.0. The van der Waals surface area contributed by atoms with Gasteiger partial charge in [-0.25, -0.2) is 4.79 Å². The fraction of sp³-hybridized carbons (Fsp3) is 0.346. The first-order valence-corrected chi connectivity index (χ1v) is 12.4. The van der Waals surface area contributed by atoms with Gasteiger partial charge in [-0.3, -0.25) is 9.78 Å². The number of aromatic nitrogens is 1. The highest BCUT2D eigenvalue weighted by Crippen LogP contribution is 2.29. The summed E-state index contributed by atoms with van der Waals surface area (Å²) in [5.74, 6) is 0.713. The van der Waals surface area contributed by atoms with Crippen molar-refractivity contribution in [2.45, 2.75) is 26.0 Å². The number of rotatable bonds is 8. The maximum atomic E-state index is 13.2. The molecule has 1 N–H and O–H groups in total. The first-order valence-electron chi connectivity index (χ1n) is 11.5. The van der Waals surface area contributed by atoms with E-state index in [-0.39, 0.29) is 18.6 Å². The molecule has 0 saturated heterocycles. The van der Waals surface area contributed by atoms with E-state index in [1.807, 2.05) is 66.7 Å². The van der Waals surface area contributed by atoms with E-state index in [9.17, 15) is 9.59 Å². The Balaban J connectivity index is 1.42. The van der Waals surface area contributed by atoms with Gasteiger partial charge in [-0.15, -0.1) is 11.3 Å². The topological polar surface area (TPSA) is 84.0 Å². The molecule has 1 aliphatic rings. The van der Waals surface area contributed by atoms with E-state index in [0.717, 1.165) is 34.1 Å². The summed E-state index contributed by atoms with van der Waals surface area (Å²) in [7, 11) is 3.54. The van der Waals surface area contributed by atoms with Gasteiger partial charge in [0, 0.05) is 56.9 Å². The van der Waals surface area contributed by atoms with Gasteiger partial charge in [0.25, 0.3) is 5.91 Å². The fourth-order valence-corrected chi connectivity index (χ4v) is 4.75. The van der Waals surface area contributed by atoms with Crippen molar-refractivity contribution in [3.8, 4) is 5.75 Å². The molecule has 0 spiro atoms. The normalized spacial score (nSPS) is 14.2. The van der Waals surface area contributed by atoms with E-state index < -0.39 is 6.09 Å². The van der Waals surface area contributed by atoms with Gasteiger partial charge >= 0.3 is 6.09 Å². The van der Waals surface area contributed by atoms with Crippen molar-refractivity contribution in [1.29, 1.82) is 0 Å². The molecule has 1 aromatic carbocycles. The predicted molar refractivity (Wildman–Crippen MR) is 136 cm³/mol. The number of likely N-dealkylation sites (N-methyl/N-ethyl adjacent to an activating group) is 1. The summed E-state index contributed by atoms with van der Waals surface area (Å²) in [5, 5.41) is 4.45. The molecule has 184 valence electrons. The molecule has 3 heterocycles. The van der Waals surface area contributed by atoms with Gasteiger partial charge in [-0.05, 0) is 42.1 Å². The quantitative estimate of drug-likeness (QED) is 0.499. The van der Waals surface area contributed by atoms with Gasteiger partial charge in [0.1, 0.15) is 11.9 Å². The number of benzene rings is 1. The highest BCUT2D eigenvalue weighted by atomic mass is 32.1. The number of pyridine rings is 1. The molecule has 35 heavy (non-hydrogen) atoms. The van der Waals surface area contributed by atoms with Gasteiger partial charge in [0.2, 0.25) is 0 Å². The summed E-state index contributed by atoms with van der Waals surface area (Å²) in [5.41, 5.74) is 3.48. The van der Waals surface area contributed by atoms with Crippen LogP contribution in [0.4, 0.5) is 10.5 Å². The lowest BCUT2D eigenvalue weighted by Crippen LogP contribution is -2.33. The largest absolute Gasteiger partial charge is 0.485 e. The average Bonchev–Trinajstić information content (AvgIpc) is 3.37. The van der Waals surface area contributed by atoms with E-state index in [2.05, 4.69) is 15.2 Å². The van der Waals surface area contributed by atoms with Crippen molar-refractivity contribution in [3.63, 3.8) is 0 Å². The first-order chi connectivity index (χ1) is 16.9. The Bertz CT molecular complexity index is 1150. The number of carbonyl (C=O) groups excluding carboxylic acids is 2. The Labute approximate surface area is 209 Å². The number of alkyl carbamates (subject to hydrolysis) is 1. The van der Waals surface area contributed by atoms with Crippen molar-refractivity contribution in [3.05, 3.63) is 75.7 Å². The molecule has 0 saturated carbocycles. The minimum atomic E-state index is -0.456. The molecule has 9 heteroatoms. The van der Waals surface area contributed by atoms with Crippen LogP contribution in [0.3, 0.4) is 0 Å². The highest BCUT2D eigenvalue weighted by molar-refractivity contribution is 7.10. The number of hydrogen-bond donors (Lipinski definition) is 1. The number of anilines is 1. The van der Waals surface area contributed by atoms with E-state index in [4.69, 9.17) is 9.47 Å². The van der Waals surface area contributed by atoms with Crippen molar-refractivity contribution in [1.82, 2.24) is 15.2 Å². The van der Waals surface area contributed by atoms with Gasteiger partial charge < -0.3 is 24.6 Å². The summed E-state index contributed by atoms with van der Waals surface area (Å²) in [6, 6.07) is 13.8. The zero-order chi connectivity index (χ0) is 24.8.